The summed E-state index contributed by atoms with van der Waals surface area (Å²) in [6.45, 7) is -7.16. The van der Waals surface area contributed by atoms with Crippen molar-refractivity contribution in [3.63, 3.8) is 0 Å². The van der Waals surface area contributed by atoms with Gasteiger partial charge in [0, 0.05) is 4.11 Å². The van der Waals surface area contributed by atoms with Gasteiger partial charge in [0.25, 0.3) is 0 Å². The molecule has 2 unspecified atom stereocenters. The molecule has 5 N–H and O–H groups in total. The third kappa shape index (κ3) is 3.08. The van der Waals surface area contributed by atoms with Gasteiger partial charge in [-0.15, -0.1) is 0 Å². The Labute approximate surface area is 112 Å². The van der Waals surface area contributed by atoms with E-state index in [4.69, 9.17) is 19.4 Å². The monoisotopic (exact) mass is 251 g/mol. The predicted octanol–water partition coefficient (Wildman–Crippen LogP) is 0.0216. The van der Waals surface area contributed by atoms with Crippen LogP contribution in [0.4, 0.5) is 0 Å². The number of carbonyl (C=O) groups is 1. The van der Waals surface area contributed by atoms with Crippen molar-refractivity contribution in [1.82, 2.24) is 0 Å². The minimum Gasteiger partial charge on any atom is -0.504 e. The normalized spacial score (nSPS) is 27.9. The summed E-state index contributed by atoms with van der Waals surface area (Å²) in [6.07, 6.45) is -3.79. The Hall–Kier alpha value is -1.79. The number of esters is 1. The van der Waals surface area contributed by atoms with Crippen molar-refractivity contribution in [2.75, 3.05) is 6.56 Å². The first kappa shape index (κ1) is 4.83. The topological polar surface area (TPSA) is 113 Å². The van der Waals surface area contributed by atoms with Gasteiger partial charge >= 0.3 is 5.97 Å². The van der Waals surface area contributed by atoms with Crippen molar-refractivity contribution in [3.05, 3.63) is 23.7 Å². The molecule has 2 atom stereocenters. The van der Waals surface area contributed by atoms with E-state index in [0.29, 0.717) is 0 Å². The lowest BCUT2D eigenvalue weighted by molar-refractivity contribution is -0.147. The van der Waals surface area contributed by atoms with E-state index in [-0.39, 0.29) is 0 Å². The Kier molecular flexibility index (Phi) is 1.57. The SMILES string of the molecule is [2H]c1c([2H])c(C([2H])(O)C([2H])(N)C(=O)OC([2H])([2H])C([2H])([2H])[2H])c([2H])c(O)c1O. The Morgan fingerprint density at radius 3 is 3.06 bits per heavy atom. The summed E-state index contributed by atoms with van der Waals surface area (Å²) in [4.78, 5) is 12.0. The second-order valence-corrected chi connectivity index (χ2v) is 2.70. The average molecular weight is 251 g/mol. The molecular weight excluding hydrogens is 226 g/mol. The first-order valence-electron chi connectivity index (χ1n) is 9.07. The molecule has 0 aliphatic carbocycles. The van der Waals surface area contributed by atoms with E-state index in [0.717, 1.165) is 0 Å². The molecule has 0 heterocycles. The van der Waals surface area contributed by atoms with E-state index >= 15 is 0 Å². The average Bonchev–Trinajstić information content (AvgIpc) is 2.49. The highest BCUT2D eigenvalue weighted by atomic mass is 16.5. The number of ether oxygens (including phenoxy) is 1. The van der Waals surface area contributed by atoms with Crippen LogP contribution in [0.25, 0.3) is 0 Å². The van der Waals surface area contributed by atoms with Crippen LogP contribution < -0.4 is 5.73 Å². The number of rotatable bonds is 4. The molecule has 1 aromatic rings. The van der Waals surface area contributed by atoms with Gasteiger partial charge in [0.2, 0.25) is 0 Å². The molecule has 0 aromatic heterocycles. The van der Waals surface area contributed by atoms with E-state index in [1.54, 1.807) is 0 Å². The van der Waals surface area contributed by atoms with Gasteiger partial charge in [-0.1, -0.05) is 6.04 Å². The molecule has 94 valence electrons. The van der Waals surface area contributed by atoms with E-state index in [9.17, 15) is 20.1 Å². The minimum atomic E-state index is -3.79. The summed E-state index contributed by atoms with van der Waals surface area (Å²) in [5, 5.41) is 29.2. The first-order chi connectivity index (χ1) is 11.8. The van der Waals surface area contributed by atoms with Crippen LogP contribution in [-0.2, 0) is 9.53 Å². The molecule has 0 radical (unpaired) electrons. The molecule has 1 rings (SSSR count). The summed E-state index contributed by atoms with van der Waals surface area (Å²) in [5.74, 6) is -4.82. The summed E-state index contributed by atoms with van der Waals surface area (Å²) < 4.78 is 77.2. The van der Waals surface area contributed by atoms with Gasteiger partial charge in [-0.2, -0.15) is 0 Å². The van der Waals surface area contributed by atoms with Gasteiger partial charge in [0.05, 0.1) is 16.2 Å². The quantitative estimate of drug-likeness (QED) is 0.443. The molecule has 6 nitrogen and oxygen atoms in total. The molecular formula is C11H15NO5. The second-order valence-electron chi connectivity index (χ2n) is 2.70. The van der Waals surface area contributed by atoms with Crippen LogP contribution in [0.3, 0.4) is 0 Å². The molecule has 17 heavy (non-hydrogen) atoms. The second kappa shape index (κ2) is 5.51. The van der Waals surface area contributed by atoms with Gasteiger partial charge < -0.3 is 25.8 Å². The number of aliphatic hydroxyl groups is 1. The van der Waals surface area contributed by atoms with Crippen LogP contribution in [-0.4, -0.2) is 33.9 Å². The van der Waals surface area contributed by atoms with Crippen molar-refractivity contribution in [1.29, 1.82) is 0 Å². The lowest BCUT2D eigenvalue weighted by Gasteiger charge is -2.17. The minimum absolute atomic E-state index is 1.16. The fraction of sp³-hybridized carbons (Fsp3) is 0.364. The summed E-state index contributed by atoms with van der Waals surface area (Å²) in [7, 11) is 0. The first-order valence-corrected chi connectivity index (χ1v) is 4.07. The number of hydrogen-bond acceptors (Lipinski definition) is 6. The number of phenols is 2. The smallest absolute Gasteiger partial charge is 0.325 e. The van der Waals surface area contributed by atoms with Crippen LogP contribution in [0.5, 0.6) is 11.5 Å². The predicted molar refractivity (Wildman–Crippen MR) is 59.3 cm³/mol. The van der Waals surface area contributed by atoms with E-state index in [1.165, 1.54) is 0 Å². The zero-order valence-corrected chi connectivity index (χ0v) is 8.24. The van der Waals surface area contributed by atoms with Crippen LogP contribution in [0.15, 0.2) is 18.1 Å². The highest BCUT2D eigenvalue weighted by Gasteiger charge is 2.25. The van der Waals surface area contributed by atoms with Crippen LogP contribution in [0.1, 0.15) is 32.2 Å². The maximum atomic E-state index is 12.0. The largest absolute Gasteiger partial charge is 0.504 e. The van der Waals surface area contributed by atoms with Crippen molar-refractivity contribution < 1.29 is 38.6 Å². The highest BCUT2D eigenvalue weighted by Crippen LogP contribution is 2.28. The standard InChI is InChI=1S/C11H15NO5/c1-2-17-11(16)9(12)10(15)6-3-4-7(13)8(14)5-6/h3-5,9-10,13-15H,2,12H2,1H3/i1D3,2D2,3D,4D,5D,9D,10D. The zero-order valence-electron chi connectivity index (χ0n) is 18.2. The van der Waals surface area contributed by atoms with Gasteiger partial charge in [-0.05, 0) is 24.5 Å². The molecule has 0 bridgehead atoms. The Bertz CT molecular complexity index is 747. The number of carbonyl (C=O) groups excluding carboxylic acids is 1. The zero-order chi connectivity index (χ0) is 21.7. The lowest BCUT2D eigenvalue weighted by Crippen LogP contribution is -2.38. The van der Waals surface area contributed by atoms with E-state index in [2.05, 4.69) is 4.74 Å². The van der Waals surface area contributed by atoms with Crippen LogP contribution >= 0.6 is 0 Å². The third-order valence-corrected chi connectivity index (χ3v) is 1.63. The Morgan fingerprint density at radius 2 is 2.41 bits per heavy atom. The summed E-state index contributed by atoms with van der Waals surface area (Å²) >= 11 is 0. The molecule has 0 saturated heterocycles. The Morgan fingerprint density at radius 1 is 1.71 bits per heavy atom. The fourth-order valence-corrected chi connectivity index (χ4v) is 0.841. The third-order valence-electron chi connectivity index (χ3n) is 1.63. The lowest BCUT2D eigenvalue weighted by atomic mass is 10.0. The van der Waals surface area contributed by atoms with Crippen molar-refractivity contribution in [3.8, 4) is 11.5 Å². The van der Waals surface area contributed by atoms with Gasteiger partial charge in [0.1, 0.15) is 12.1 Å². The Balaban J connectivity index is 3.53. The molecule has 0 fully saturated rings. The van der Waals surface area contributed by atoms with E-state index < -0.39 is 66.7 Å². The molecule has 1 aromatic carbocycles. The van der Waals surface area contributed by atoms with Crippen molar-refractivity contribution in [2.24, 2.45) is 5.73 Å². The molecule has 0 saturated carbocycles. The molecule has 0 amide bonds. The number of phenolic OH excluding ortho intramolecular Hbond substituents is 2. The van der Waals surface area contributed by atoms with Gasteiger partial charge in [-0.3, -0.25) is 4.79 Å². The number of aromatic hydroxyl groups is 2. The fourth-order valence-electron chi connectivity index (χ4n) is 0.841. The maximum Gasteiger partial charge on any atom is 0.325 e. The molecule has 0 aliphatic heterocycles. The van der Waals surface area contributed by atoms with Crippen LogP contribution in [0.2, 0.25) is 0 Å². The highest BCUT2D eigenvalue weighted by molar-refractivity contribution is 5.76. The van der Waals surface area contributed by atoms with Crippen molar-refractivity contribution in [2.45, 2.75) is 18.9 Å². The number of benzene rings is 1. The number of hydrogen-bond donors (Lipinski definition) is 4. The van der Waals surface area contributed by atoms with Gasteiger partial charge in [0.15, 0.2) is 11.5 Å². The van der Waals surface area contributed by atoms with E-state index in [1.807, 2.05) is 0 Å². The van der Waals surface area contributed by atoms with Crippen molar-refractivity contribution >= 4 is 5.97 Å². The van der Waals surface area contributed by atoms with Gasteiger partial charge in [-0.25, -0.2) is 0 Å². The van der Waals surface area contributed by atoms with Crippen LogP contribution in [0, 0.1) is 0 Å². The summed E-state index contributed by atoms with van der Waals surface area (Å²) in [5.41, 5.74) is 3.89. The molecule has 6 heteroatoms. The maximum absolute atomic E-state index is 12.0. The molecule has 0 spiro atoms. The molecule has 0 aliphatic rings. The summed E-state index contributed by atoms with van der Waals surface area (Å²) in [6, 6.07) is -7.40. The number of nitrogens with two attached hydrogens (primary N) is 1.